The van der Waals surface area contributed by atoms with Gasteiger partial charge in [-0.1, -0.05) is 6.92 Å². The minimum absolute atomic E-state index is 0.141. The molecule has 2 aromatic rings. The summed E-state index contributed by atoms with van der Waals surface area (Å²) in [6, 6.07) is -0.141. The zero-order valence-corrected chi connectivity index (χ0v) is 13.2. The summed E-state index contributed by atoms with van der Waals surface area (Å²) in [6.07, 6.45) is 5.84. The van der Waals surface area contributed by atoms with Gasteiger partial charge in [0.25, 0.3) is 5.91 Å². The smallest absolute Gasteiger partial charge is 0.272 e. The lowest BCUT2D eigenvalue weighted by Crippen LogP contribution is -2.27. The van der Waals surface area contributed by atoms with Crippen molar-refractivity contribution in [3.05, 3.63) is 34.2 Å². The van der Waals surface area contributed by atoms with E-state index in [0.717, 1.165) is 18.0 Å². The summed E-state index contributed by atoms with van der Waals surface area (Å²) in [5, 5.41) is 6.82. The van der Waals surface area contributed by atoms with Gasteiger partial charge in [0, 0.05) is 17.6 Å². The fraction of sp³-hybridized carbons (Fsp3) is 0.429. The van der Waals surface area contributed by atoms with Crippen LogP contribution in [0.5, 0.6) is 0 Å². The Hall–Kier alpha value is -2.02. The third-order valence-electron chi connectivity index (χ3n) is 2.88. The van der Waals surface area contributed by atoms with E-state index in [0.29, 0.717) is 11.5 Å². The fourth-order valence-electron chi connectivity index (χ4n) is 1.74. The van der Waals surface area contributed by atoms with Gasteiger partial charge >= 0.3 is 0 Å². The number of carbonyl (C=O) groups excluding carboxylic acids is 1. The quantitative estimate of drug-likeness (QED) is 0.856. The van der Waals surface area contributed by atoms with Crippen LogP contribution in [0.2, 0.25) is 0 Å². The number of rotatable bonds is 6. The van der Waals surface area contributed by atoms with E-state index in [4.69, 9.17) is 0 Å². The Morgan fingerprint density at radius 3 is 2.62 bits per heavy atom. The molecule has 2 aromatic heterocycles. The molecule has 0 aromatic carbocycles. The molecule has 0 bridgehead atoms. The molecule has 6 nitrogen and oxygen atoms in total. The van der Waals surface area contributed by atoms with Gasteiger partial charge in [-0.15, -0.1) is 11.3 Å². The van der Waals surface area contributed by atoms with E-state index in [2.05, 4.69) is 32.5 Å². The van der Waals surface area contributed by atoms with E-state index in [1.165, 1.54) is 11.1 Å². The van der Waals surface area contributed by atoms with Gasteiger partial charge in [-0.05, 0) is 20.3 Å². The summed E-state index contributed by atoms with van der Waals surface area (Å²) < 4.78 is 0. The van der Waals surface area contributed by atoms with Crippen molar-refractivity contribution in [1.29, 1.82) is 0 Å². The van der Waals surface area contributed by atoms with Crippen LogP contribution in [-0.4, -0.2) is 27.4 Å². The summed E-state index contributed by atoms with van der Waals surface area (Å²) in [6.45, 7) is 6.74. The minimum Gasteiger partial charge on any atom is -0.369 e. The van der Waals surface area contributed by atoms with Gasteiger partial charge in [0.1, 0.15) is 16.5 Å². The monoisotopic (exact) mass is 305 g/mol. The zero-order valence-electron chi connectivity index (χ0n) is 12.4. The van der Waals surface area contributed by atoms with Crippen LogP contribution in [0.25, 0.3) is 0 Å². The number of amides is 1. The largest absolute Gasteiger partial charge is 0.369 e. The first kappa shape index (κ1) is 15.4. The van der Waals surface area contributed by atoms with E-state index in [1.807, 2.05) is 20.0 Å². The lowest BCUT2D eigenvalue weighted by atomic mass is 10.3. The molecule has 1 amide bonds. The third-order valence-corrected chi connectivity index (χ3v) is 4.20. The molecule has 1 atom stereocenters. The Kier molecular flexibility index (Phi) is 5.21. The Morgan fingerprint density at radius 1 is 1.24 bits per heavy atom. The maximum Gasteiger partial charge on any atom is 0.272 e. The van der Waals surface area contributed by atoms with Crippen LogP contribution >= 0.6 is 11.3 Å². The second kappa shape index (κ2) is 7.12. The lowest BCUT2D eigenvalue weighted by molar-refractivity contribution is 0.0934. The van der Waals surface area contributed by atoms with Crippen LogP contribution in [0, 0.1) is 0 Å². The van der Waals surface area contributed by atoms with Crippen molar-refractivity contribution in [1.82, 2.24) is 20.3 Å². The first-order chi connectivity index (χ1) is 10.1. The Bertz CT molecular complexity index is 596. The summed E-state index contributed by atoms with van der Waals surface area (Å²) in [4.78, 5) is 25.9. The van der Waals surface area contributed by atoms with Crippen molar-refractivity contribution in [2.75, 3.05) is 11.9 Å². The molecule has 0 aliphatic carbocycles. The number of anilines is 1. The minimum atomic E-state index is -0.244. The highest BCUT2D eigenvalue weighted by molar-refractivity contribution is 7.11. The molecule has 0 aliphatic rings. The highest BCUT2D eigenvalue weighted by Gasteiger charge is 2.15. The maximum atomic E-state index is 12.1. The van der Waals surface area contributed by atoms with Crippen molar-refractivity contribution in [2.45, 2.75) is 33.2 Å². The number of aryl methyl sites for hydroxylation is 1. The first-order valence-electron chi connectivity index (χ1n) is 6.95. The van der Waals surface area contributed by atoms with Gasteiger partial charge in [-0.3, -0.25) is 4.79 Å². The number of nitrogens with one attached hydrogen (secondary N) is 2. The normalized spacial score (nSPS) is 12.0. The number of hydrogen-bond acceptors (Lipinski definition) is 6. The van der Waals surface area contributed by atoms with Crippen LogP contribution in [0.1, 0.15) is 47.2 Å². The first-order valence-corrected chi connectivity index (χ1v) is 7.77. The van der Waals surface area contributed by atoms with E-state index in [-0.39, 0.29) is 11.9 Å². The van der Waals surface area contributed by atoms with Crippen LogP contribution in [0.4, 0.5) is 5.82 Å². The van der Waals surface area contributed by atoms with Gasteiger partial charge in [0.15, 0.2) is 0 Å². The van der Waals surface area contributed by atoms with Crippen LogP contribution in [-0.2, 0) is 6.42 Å². The molecule has 112 valence electrons. The topological polar surface area (TPSA) is 79.8 Å². The summed E-state index contributed by atoms with van der Waals surface area (Å²) in [7, 11) is 0. The van der Waals surface area contributed by atoms with Gasteiger partial charge in [-0.2, -0.15) is 0 Å². The second-order valence-corrected chi connectivity index (χ2v) is 5.68. The number of nitrogens with zero attached hydrogens (tertiary/aromatic N) is 3. The van der Waals surface area contributed by atoms with Crippen LogP contribution in [0.3, 0.4) is 0 Å². The summed E-state index contributed by atoms with van der Waals surface area (Å²) in [5.41, 5.74) is 0.302. The molecule has 0 saturated carbocycles. The molecule has 0 radical (unpaired) electrons. The molecule has 7 heteroatoms. The van der Waals surface area contributed by atoms with Gasteiger partial charge in [0.2, 0.25) is 0 Å². The molecule has 2 heterocycles. The molecule has 0 saturated heterocycles. The predicted octanol–water partition coefficient (Wildman–Crippen LogP) is 2.42. The number of carbonyl (C=O) groups is 1. The van der Waals surface area contributed by atoms with Crippen molar-refractivity contribution in [3.8, 4) is 0 Å². The lowest BCUT2D eigenvalue weighted by Gasteiger charge is -2.10. The number of thiazole rings is 1. The van der Waals surface area contributed by atoms with Crippen molar-refractivity contribution in [2.24, 2.45) is 0 Å². The SMILES string of the molecule is CCNc1cnc(C(=O)NC(C)c2ncc(CC)s2)cn1. The average Bonchev–Trinajstić information content (AvgIpc) is 2.97. The molecule has 21 heavy (non-hydrogen) atoms. The average molecular weight is 305 g/mol. The second-order valence-electron chi connectivity index (χ2n) is 4.53. The van der Waals surface area contributed by atoms with Crippen LogP contribution < -0.4 is 10.6 Å². The molecule has 0 spiro atoms. The molecule has 1 unspecified atom stereocenters. The van der Waals surface area contributed by atoms with Gasteiger partial charge < -0.3 is 10.6 Å². The Morgan fingerprint density at radius 2 is 2.05 bits per heavy atom. The highest BCUT2D eigenvalue weighted by atomic mass is 32.1. The molecular weight excluding hydrogens is 286 g/mol. The van der Waals surface area contributed by atoms with E-state index in [9.17, 15) is 4.79 Å². The van der Waals surface area contributed by atoms with E-state index < -0.39 is 0 Å². The van der Waals surface area contributed by atoms with E-state index in [1.54, 1.807) is 17.5 Å². The maximum absolute atomic E-state index is 12.1. The number of hydrogen-bond donors (Lipinski definition) is 2. The predicted molar refractivity (Wildman–Crippen MR) is 83.6 cm³/mol. The third kappa shape index (κ3) is 3.98. The molecule has 2 rings (SSSR count). The standard InChI is InChI=1S/C14H19N5OS/c1-4-10-6-18-14(21-10)9(3)19-13(20)11-7-17-12(8-16-11)15-5-2/h6-9H,4-5H2,1-3H3,(H,15,17)(H,19,20). The van der Waals surface area contributed by atoms with Crippen molar-refractivity contribution in [3.63, 3.8) is 0 Å². The van der Waals surface area contributed by atoms with Gasteiger partial charge in [0.05, 0.1) is 18.4 Å². The molecular formula is C14H19N5OS. The van der Waals surface area contributed by atoms with Crippen LogP contribution in [0.15, 0.2) is 18.6 Å². The van der Waals surface area contributed by atoms with Crippen molar-refractivity contribution >= 4 is 23.1 Å². The molecule has 2 N–H and O–H groups in total. The molecule has 0 aliphatic heterocycles. The van der Waals surface area contributed by atoms with Crippen molar-refractivity contribution < 1.29 is 4.79 Å². The number of aromatic nitrogens is 3. The zero-order chi connectivity index (χ0) is 15.2. The highest BCUT2D eigenvalue weighted by Crippen LogP contribution is 2.20. The fourth-order valence-corrected chi connectivity index (χ4v) is 2.60. The van der Waals surface area contributed by atoms with E-state index >= 15 is 0 Å². The Labute approximate surface area is 128 Å². The summed E-state index contributed by atoms with van der Waals surface area (Å²) in [5.74, 6) is 0.418. The van der Waals surface area contributed by atoms with Gasteiger partial charge in [-0.25, -0.2) is 15.0 Å². The molecule has 0 fully saturated rings. The Balaban J connectivity index is 1.99. The summed E-state index contributed by atoms with van der Waals surface area (Å²) >= 11 is 1.62.